The average molecular weight is 310 g/mol. The van der Waals surface area contributed by atoms with Gasteiger partial charge in [-0.2, -0.15) is 0 Å². The first kappa shape index (κ1) is 12.3. The quantitative estimate of drug-likeness (QED) is 0.827. The molecule has 1 heterocycles. The van der Waals surface area contributed by atoms with Crippen LogP contribution < -0.4 is 10.1 Å². The molecule has 2 aliphatic rings. The van der Waals surface area contributed by atoms with E-state index in [-0.39, 0.29) is 0 Å². The van der Waals surface area contributed by atoms with E-state index in [1.54, 1.807) is 0 Å². The zero-order chi connectivity index (χ0) is 12.7. The molecule has 0 radical (unpaired) electrons. The summed E-state index contributed by atoms with van der Waals surface area (Å²) in [6.07, 6.45) is 4.06. The maximum absolute atomic E-state index is 6.14. The van der Waals surface area contributed by atoms with Gasteiger partial charge in [0.05, 0.1) is 11.7 Å². The van der Waals surface area contributed by atoms with Crippen LogP contribution in [-0.4, -0.2) is 12.1 Å². The van der Waals surface area contributed by atoms with Crippen molar-refractivity contribution in [3.63, 3.8) is 0 Å². The fourth-order valence-electron chi connectivity index (χ4n) is 3.15. The molecular weight excluding hydrogens is 290 g/mol. The largest absolute Gasteiger partial charge is 0.486 e. The summed E-state index contributed by atoms with van der Waals surface area (Å²) in [5.41, 5.74) is 1.13. The summed E-state index contributed by atoms with van der Waals surface area (Å²) in [4.78, 5) is 0. The number of benzene rings is 1. The third-order valence-electron chi connectivity index (χ3n) is 4.33. The number of hydrogen-bond acceptors (Lipinski definition) is 2. The van der Waals surface area contributed by atoms with E-state index in [2.05, 4.69) is 47.2 Å². The molecule has 1 aliphatic heterocycles. The van der Waals surface area contributed by atoms with Gasteiger partial charge in [-0.15, -0.1) is 0 Å². The Bertz CT molecular complexity index is 446. The Morgan fingerprint density at radius 3 is 2.94 bits per heavy atom. The van der Waals surface area contributed by atoms with E-state index in [0.29, 0.717) is 12.1 Å². The van der Waals surface area contributed by atoms with Gasteiger partial charge in [0.1, 0.15) is 11.9 Å². The third-order valence-corrected chi connectivity index (χ3v) is 4.82. The van der Waals surface area contributed by atoms with E-state index in [0.717, 1.165) is 27.7 Å². The Labute approximate surface area is 117 Å². The Hall–Kier alpha value is -0.700. The Balaban J connectivity index is 1.80. The third kappa shape index (κ3) is 2.25. The fourth-order valence-corrected chi connectivity index (χ4v) is 3.52. The van der Waals surface area contributed by atoms with Crippen LogP contribution in [0.5, 0.6) is 5.75 Å². The van der Waals surface area contributed by atoms with E-state index in [1.807, 2.05) is 6.07 Å². The lowest BCUT2D eigenvalue weighted by molar-refractivity contribution is 0.0947. The number of fused-ring (bicyclic) bond motifs is 2. The standard InChI is InChI=1S/C15H20BrNO/c1-9(2)10-3-5-14-12(7-10)17-13-8-11(16)4-6-15(13)18-14/h4,6,8-10,12,14,17H,3,5,7H2,1-2H3. The second-order valence-electron chi connectivity index (χ2n) is 5.86. The second kappa shape index (κ2) is 4.76. The van der Waals surface area contributed by atoms with Crippen molar-refractivity contribution in [3.05, 3.63) is 22.7 Å². The molecule has 3 unspecified atom stereocenters. The van der Waals surface area contributed by atoms with Crippen LogP contribution >= 0.6 is 15.9 Å². The minimum atomic E-state index is 0.355. The smallest absolute Gasteiger partial charge is 0.143 e. The zero-order valence-electron chi connectivity index (χ0n) is 10.9. The van der Waals surface area contributed by atoms with Crippen LogP contribution in [0.15, 0.2) is 22.7 Å². The lowest BCUT2D eigenvalue weighted by Crippen LogP contribution is -2.46. The number of hydrogen-bond donors (Lipinski definition) is 1. The first-order valence-electron chi connectivity index (χ1n) is 6.86. The molecule has 1 fully saturated rings. The molecule has 0 spiro atoms. The molecule has 3 rings (SSSR count). The van der Waals surface area contributed by atoms with Crippen molar-refractivity contribution in [1.29, 1.82) is 0 Å². The van der Waals surface area contributed by atoms with E-state index in [9.17, 15) is 0 Å². The van der Waals surface area contributed by atoms with Crippen LogP contribution in [0.2, 0.25) is 0 Å². The topological polar surface area (TPSA) is 21.3 Å². The minimum absolute atomic E-state index is 0.355. The van der Waals surface area contributed by atoms with Crippen LogP contribution in [0.3, 0.4) is 0 Å². The molecule has 18 heavy (non-hydrogen) atoms. The predicted molar refractivity (Wildman–Crippen MR) is 78.1 cm³/mol. The van der Waals surface area contributed by atoms with Crippen molar-refractivity contribution in [2.75, 3.05) is 5.32 Å². The van der Waals surface area contributed by atoms with E-state index >= 15 is 0 Å². The van der Waals surface area contributed by atoms with E-state index in [1.165, 1.54) is 19.3 Å². The highest BCUT2D eigenvalue weighted by atomic mass is 79.9. The van der Waals surface area contributed by atoms with E-state index in [4.69, 9.17) is 4.74 Å². The van der Waals surface area contributed by atoms with Gasteiger partial charge in [-0.3, -0.25) is 0 Å². The summed E-state index contributed by atoms with van der Waals surface area (Å²) in [7, 11) is 0. The van der Waals surface area contributed by atoms with Crippen LogP contribution in [0.4, 0.5) is 5.69 Å². The molecule has 0 bridgehead atoms. The minimum Gasteiger partial charge on any atom is -0.486 e. The summed E-state index contributed by atoms with van der Waals surface area (Å²) in [6, 6.07) is 6.69. The predicted octanol–water partition coefficient (Wildman–Crippen LogP) is 4.45. The second-order valence-corrected chi connectivity index (χ2v) is 6.78. The van der Waals surface area contributed by atoms with Gasteiger partial charge in [-0.25, -0.2) is 0 Å². The summed E-state index contributed by atoms with van der Waals surface area (Å²) in [5.74, 6) is 2.61. The first-order chi connectivity index (χ1) is 8.63. The Kier molecular flexibility index (Phi) is 3.27. The van der Waals surface area contributed by atoms with Crippen molar-refractivity contribution in [2.45, 2.75) is 45.3 Å². The van der Waals surface area contributed by atoms with Crippen molar-refractivity contribution < 1.29 is 4.74 Å². The lowest BCUT2D eigenvalue weighted by atomic mass is 9.77. The molecule has 1 aromatic carbocycles. The average Bonchev–Trinajstić information content (AvgIpc) is 2.35. The number of rotatable bonds is 1. The van der Waals surface area contributed by atoms with Gasteiger partial charge < -0.3 is 10.1 Å². The summed E-state index contributed by atoms with van der Waals surface area (Å²) in [5, 5.41) is 3.67. The van der Waals surface area contributed by atoms with Crippen LogP contribution in [0, 0.1) is 11.8 Å². The molecule has 1 N–H and O–H groups in total. The number of ether oxygens (including phenoxy) is 1. The van der Waals surface area contributed by atoms with Gasteiger partial charge in [-0.05, 0) is 49.3 Å². The van der Waals surface area contributed by atoms with Crippen molar-refractivity contribution in [1.82, 2.24) is 0 Å². The Morgan fingerprint density at radius 2 is 2.17 bits per heavy atom. The maximum atomic E-state index is 6.14. The SMILES string of the molecule is CC(C)C1CCC2Oc3ccc(Br)cc3NC2C1. The van der Waals surface area contributed by atoms with Gasteiger partial charge in [0.25, 0.3) is 0 Å². The molecule has 0 saturated heterocycles. The van der Waals surface area contributed by atoms with Crippen LogP contribution in [0.25, 0.3) is 0 Å². The van der Waals surface area contributed by atoms with Gasteiger partial charge in [0, 0.05) is 4.47 Å². The van der Waals surface area contributed by atoms with Gasteiger partial charge in [-0.1, -0.05) is 29.8 Å². The van der Waals surface area contributed by atoms with Crippen LogP contribution in [0.1, 0.15) is 33.1 Å². The molecule has 2 nitrogen and oxygen atoms in total. The van der Waals surface area contributed by atoms with E-state index < -0.39 is 0 Å². The van der Waals surface area contributed by atoms with Gasteiger partial charge >= 0.3 is 0 Å². The molecule has 0 aromatic heterocycles. The molecule has 98 valence electrons. The molecular formula is C15H20BrNO. The van der Waals surface area contributed by atoms with Crippen molar-refractivity contribution >= 4 is 21.6 Å². The van der Waals surface area contributed by atoms with Gasteiger partial charge in [0.15, 0.2) is 0 Å². The highest BCUT2D eigenvalue weighted by molar-refractivity contribution is 9.10. The molecule has 3 heteroatoms. The highest BCUT2D eigenvalue weighted by Gasteiger charge is 2.36. The number of anilines is 1. The maximum Gasteiger partial charge on any atom is 0.143 e. The number of halogens is 1. The van der Waals surface area contributed by atoms with Crippen molar-refractivity contribution in [2.24, 2.45) is 11.8 Å². The highest BCUT2D eigenvalue weighted by Crippen LogP contribution is 2.40. The molecule has 1 aromatic rings. The summed E-state index contributed by atoms with van der Waals surface area (Å²) >= 11 is 3.52. The van der Waals surface area contributed by atoms with Gasteiger partial charge in [0.2, 0.25) is 0 Å². The molecule has 3 atom stereocenters. The normalized spacial score (nSPS) is 30.1. The molecule has 1 aliphatic carbocycles. The molecule has 0 amide bonds. The Morgan fingerprint density at radius 1 is 1.33 bits per heavy atom. The van der Waals surface area contributed by atoms with Crippen molar-refractivity contribution in [3.8, 4) is 5.75 Å². The monoisotopic (exact) mass is 309 g/mol. The van der Waals surface area contributed by atoms with Crippen LogP contribution in [-0.2, 0) is 0 Å². The fraction of sp³-hybridized carbons (Fsp3) is 0.600. The molecule has 1 saturated carbocycles. The lowest BCUT2D eigenvalue weighted by Gasteiger charge is -2.42. The summed E-state index contributed by atoms with van der Waals surface area (Å²) < 4.78 is 7.24. The summed E-state index contributed by atoms with van der Waals surface area (Å²) in [6.45, 7) is 4.67. The first-order valence-corrected chi connectivity index (χ1v) is 7.65. The zero-order valence-corrected chi connectivity index (χ0v) is 12.5. The number of nitrogens with one attached hydrogen (secondary N) is 1.